The average Bonchev–Trinajstić information content (AvgIpc) is 3.01. The van der Waals surface area contributed by atoms with Gasteiger partial charge in [0.2, 0.25) is 0 Å². The zero-order valence-electron chi connectivity index (χ0n) is 16.2. The second-order valence-corrected chi connectivity index (χ2v) is 8.85. The molecule has 0 fully saturated rings. The van der Waals surface area contributed by atoms with E-state index in [1.54, 1.807) is 0 Å². The zero-order chi connectivity index (χ0) is 19.1. The summed E-state index contributed by atoms with van der Waals surface area (Å²) in [5.74, 6) is 0. The molecule has 27 heavy (non-hydrogen) atoms. The van der Waals surface area contributed by atoms with E-state index in [-0.39, 0.29) is 10.8 Å². The van der Waals surface area contributed by atoms with Gasteiger partial charge in [-0.3, -0.25) is 0 Å². The number of benzene rings is 3. The van der Waals surface area contributed by atoms with Crippen molar-refractivity contribution in [3.63, 3.8) is 0 Å². The summed E-state index contributed by atoms with van der Waals surface area (Å²) in [6.45, 7) is 8.92. The van der Waals surface area contributed by atoms with Gasteiger partial charge in [-0.2, -0.15) is 0 Å². The fourth-order valence-electron chi connectivity index (χ4n) is 5.31. The van der Waals surface area contributed by atoms with Crippen LogP contribution < -0.4 is 5.46 Å². The first-order valence-electron chi connectivity index (χ1n) is 9.54. The largest absolute Gasteiger partial charge is 0.489 e. The van der Waals surface area contributed by atoms with Crippen LogP contribution in [0.2, 0.25) is 0 Å². The van der Waals surface area contributed by atoms with E-state index in [0.29, 0.717) is 5.46 Å². The van der Waals surface area contributed by atoms with Crippen molar-refractivity contribution in [3.05, 3.63) is 76.9 Å². The van der Waals surface area contributed by atoms with Gasteiger partial charge in [-0.25, -0.2) is 0 Å². The van der Waals surface area contributed by atoms with Gasteiger partial charge in [0.1, 0.15) is 0 Å². The molecule has 0 unspecified atom stereocenters. The Hall–Kier alpha value is -2.36. The number of rotatable bonds is 1. The molecule has 0 amide bonds. The summed E-state index contributed by atoms with van der Waals surface area (Å²) in [5, 5.41) is 21.0. The third kappa shape index (κ3) is 1.94. The smallest absolute Gasteiger partial charge is 0.423 e. The molecule has 134 valence electrons. The highest BCUT2D eigenvalue weighted by Crippen LogP contribution is 2.54. The van der Waals surface area contributed by atoms with Crippen LogP contribution in [0.5, 0.6) is 0 Å². The van der Waals surface area contributed by atoms with E-state index in [0.717, 1.165) is 22.3 Å². The maximum absolute atomic E-state index is 10.5. The lowest BCUT2D eigenvalue weighted by atomic mass is 9.68. The van der Waals surface area contributed by atoms with Gasteiger partial charge < -0.3 is 10.0 Å². The minimum atomic E-state index is -1.52. The Morgan fingerprint density at radius 2 is 1.04 bits per heavy atom. The normalized spacial score (nSPS) is 17.1. The van der Waals surface area contributed by atoms with Gasteiger partial charge in [-0.15, -0.1) is 0 Å². The van der Waals surface area contributed by atoms with Gasteiger partial charge in [0, 0.05) is 10.8 Å². The Labute approximate surface area is 160 Å². The van der Waals surface area contributed by atoms with Crippen molar-refractivity contribution in [3.8, 4) is 22.3 Å². The Kier molecular flexibility index (Phi) is 3.19. The third-order valence-corrected chi connectivity index (χ3v) is 6.71. The summed E-state index contributed by atoms with van der Waals surface area (Å²) >= 11 is 0. The molecule has 0 bridgehead atoms. The molecule has 3 aromatic rings. The molecular weight excluding hydrogens is 331 g/mol. The van der Waals surface area contributed by atoms with Crippen molar-refractivity contribution in [1.82, 2.24) is 0 Å². The van der Waals surface area contributed by atoms with E-state index < -0.39 is 7.12 Å². The second kappa shape index (κ2) is 5.12. The first-order valence-corrected chi connectivity index (χ1v) is 9.54. The molecule has 0 aliphatic heterocycles. The quantitative estimate of drug-likeness (QED) is 0.649. The lowest BCUT2D eigenvalue weighted by Gasteiger charge is -2.27. The molecule has 0 saturated heterocycles. The van der Waals surface area contributed by atoms with E-state index in [4.69, 9.17) is 0 Å². The molecule has 0 radical (unpaired) electrons. The van der Waals surface area contributed by atoms with Crippen molar-refractivity contribution >= 4 is 12.6 Å². The fourth-order valence-corrected chi connectivity index (χ4v) is 5.31. The van der Waals surface area contributed by atoms with Crippen molar-refractivity contribution in [2.75, 3.05) is 0 Å². The maximum atomic E-state index is 10.5. The average molecular weight is 354 g/mol. The van der Waals surface area contributed by atoms with Gasteiger partial charge in [-0.05, 0) is 50.0 Å². The summed E-state index contributed by atoms with van der Waals surface area (Å²) in [4.78, 5) is 0. The third-order valence-electron chi connectivity index (χ3n) is 6.71. The van der Waals surface area contributed by atoms with E-state index in [9.17, 15) is 10.0 Å². The standard InChI is InChI=1S/C24H23BO2/c1-23(2)16-11-7-5-9-14(16)20-18(23)13-19-21(22(20)25(26)27)15-10-6-8-12-17(15)24(19,3)4/h5-13,26-27H,1-4H3. The number of fused-ring (bicyclic) bond motifs is 6. The van der Waals surface area contributed by atoms with E-state index in [1.807, 2.05) is 12.1 Å². The lowest BCUT2D eigenvalue weighted by molar-refractivity contribution is 0.426. The molecule has 5 rings (SSSR count). The van der Waals surface area contributed by atoms with Crippen LogP contribution in [0.3, 0.4) is 0 Å². The molecule has 2 nitrogen and oxygen atoms in total. The minimum absolute atomic E-state index is 0.171. The second-order valence-electron chi connectivity index (χ2n) is 8.85. The Morgan fingerprint density at radius 1 is 0.630 bits per heavy atom. The van der Waals surface area contributed by atoms with E-state index in [1.165, 1.54) is 22.3 Å². The topological polar surface area (TPSA) is 40.5 Å². The van der Waals surface area contributed by atoms with Crippen LogP contribution in [0.4, 0.5) is 0 Å². The highest BCUT2D eigenvalue weighted by molar-refractivity contribution is 6.63. The summed E-state index contributed by atoms with van der Waals surface area (Å²) in [6, 6.07) is 19.0. The lowest BCUT2D eigenvalue weighted by Crippen LogP contribution is -2.35. The first kappa shape index (κ1) is 16.8. The summed E-state index contributed by atoms with van der Waals surface area (Å²) in [6.07, 6.45) is 0. The minimum Gasteiger partial charge on any atom is -0.423 e. The zero-order valence-corrected chi connectivity index (χ0v) is 16.2. The van der Waals surface area contributed by atoms with E-state index in [2.05, 4.69) is 70.2 Å². The molecule has 0 atom stereocenters. The van der Waals surface area contributed by atoms with Crippen LogP contribution in [-0.4, -0.2) is 17.2 Å². The van der Waals surface area contributed by atoms with Gasteiger partial charge in [0.25, 0.3) is 0 Å². The molecule has 0 spiro atoms. The molecule has 2 aliphatic rings. The SMILES string of the molecule is CC1(C)c2ccccc2-c2c1cc1c(c2B(O)O)-c2ccccc2C1(C)C. The molecule has 3 heteroatoms. The highest BCUT2D eigenvalue weighted by Gasteiger charge is 2.45. The first-order chi connectivity index (χ1) is 12.8. The molecule has 2 N–H and O–H groups in total. The Balaban J connectivity index is 1.99. The highest BCUT2D eigenvalue weighted by atomic mass is 16.4. The molecule has 0 heterocycles. The molecule has 2 aliphatic carbocycles. The summed E-state index contributed by atoms with van der Waals surface area (Å²) in [5.41, 5.74) is 9.40. The predicted octanol–water partition coefficient (Wildman–Crippen LogP) is 3.98. The van der Waals surface area contributed by atoms with Gasteiger partial charge in [0.05, 0.1) is 0 Å². The molecule has 0 aromatic heterocycles. The molecular formula is C24H23BO2. The van der Waals surface area contributed by atoms with E-state index >= 15 is 0 Å². The summed E-state index contributed by atoms with van der Waals surface area (Å²) in [7, 11) is -1.52. The molecule has 3 aromatic carbocycles. The number of hydrogen-bond acceptors (Lipinski definition) is 2. The number of hydrogen-bond donors (Lipinski definition) is 2. The van der Waals surface area contributed by atoms with Crippen LogP contribution >= 0.6 is 0 Å². The van der Waals surface area contributed by atoms with Gasteiger partial charge >= 0.3 is 7.12 Å². The summed E-state index contributed by atoms with van der Waals surface area (Å²) < 4.78 is 0. The van der Waals surface area contributed by atoms with Crippen LogP contribution in [0.1, 0.15) is 49.9 Å². The Bertz CT molecular complexity index is 1030. The fraction of sp³-hybridized carbons (Fsp3) is 0.250. The van der Waals surface area contributed by atoms with Crippen molar-refractivity contribution < 1.29 is 10.0 Å². The maximum Gasteiger partial charge on any atom is 0.489 e. The van der Waals surface area contributed by atoms with Crippen molar-refractivity contribution in [2.24, 2.45) is 0 Å². The van der Waals surface area contributed by atoms with Crippen molar-refractivity contribution in [2.45, 2.75) is 38.5 Å². The van der Waals surface area contributed by atoms with Crippen LogP contribution in [0.25, 0.3) is 22.3 Å². The van der Waals surface area contributed by atoms with Crippen LogP contribution in [0.15, 0.2) is 54.6 Å². The predicted molar refractivity (Wildman–Crippen MR) is 111 cm³/mol. The van der Waals surface area contributed by atoms with Crippen LogP contribution in [0, 0.1) is 0 Å². The van der Waals surface area contributed by atoms with Crippen molar-refractivity contribution in [1.29, 1.82) is 0 Å². The monoisotopic (exact) mass is 354 g/mol. The van der Waals surface area contributed by atoms with Gasteiger partial charge in [0.15, 0.2) is 0 Å². The Morgan fingerprint density at radius 3 is 1.44 bits per heavy atom. The molecule has 0 saturated carbocycles. The van der Waals surface area contributed by atoms with Gasteiger partial charge in [-0.1, -0.05) is 82.3 Å². The van der Waals surface area contributed by atoms with Crippen LogP contribution in [-0.2, 0) is 10.8 Å².